The lowest BCUT2D eigenvalue weighted by Crippen LogP contribution is -2.61. The molecule has 296 valence electrons. The van der Waals surface area contributed by atoms with E-state index in [1.54, 1.807) is 6.08 Å². The van der Waals surface area contributed by atoms with Crippen molar-refractivity contribution in [2.75, 3.05) is 13.2 Å². The van der Waals surface area contributed by atoms with E-state index in [1.807, 2.05) is 0 Å². The molecule has 0 aromatic heterocycles. The van der Waals surface area contributed by atoms with Gasteiger partial charge < -0.3 is 40.3 Å². The van der Waals surface area contributed by atoms with Crippen molar-refractivity contribution in [1.29, 1.82) is 0 Å². The zero-order valence-electron chi connectivity index (χ0n) is 30.6. The van der Waals surface area contributed by atoms with Gasteiger partial charge in [-0.3, -0.25) is 9.35 Å². The van der Waals surface area contributed by atoms with Gasteiger partial charge in [0.1, 0.15) is 30.5 Å². The molecule has 0 aromatic rings. The summed E-state index contributed by atoms with van der Waals surface area (Å²) in [6.07, 6.45) is 14.8. The quantitative estimate of drug-likeness (QED) is 0.0295. The number of allylic oxidation sites excluding steroid dienone is 1. The predicted octanol–water partition coefficient (Wildman–Crippen LogP) is 4.62. The predicted molar refractivity (Wildman–Crippen MR) is 192 cm³/mol. The fourth-order valence-electron chi connectivity index (χ4n) is 6.05. The van der Waals surface area contributed by atoms with Crippen molar-refractivity contribution in [2.45, 2.75) is 198 Å². The molecule has 0 aliphatic carbocycles. The maximum absolute atomic E-state index is 13.0. The third kappa shape index (κ3) is 21.4. The number of nitrogens with one attached hydrogen (secondary N) is 1. The third-order valence-corrected chi connectivity index (χ3v) is 9.64. The first-order chi connectivity index (χ1) is 23.9. The van der Waals surface area contributed by atoms with Crippen molar-refractivity contribution in [1.82, 2.24) is 5.32 Å². The van der Waals surface area contributed by atoms with Gasteiger partial charge in [0.05, 0.1) is 25.4 Å². The molecule has 8 unspecified atom stereocenters. The van der Waals surface area contributed by atoms with Crippen LogP contribution in [0.25, 0.3) is 0 Å². The summed E-state index contributed by atoms with van der Waals surface area (Å²) in [6, 6.07) is -1.11. The van der Waals surface area contributed by atoms with Crippen molar-refractivity contribution in [3.63, 3.8) is 0 Å². The molecule has 1 fully saturated rings. The van der Waals surface area contributed by atoms with E-state index in [0.29, 0.717) is 12.8 Å². The van der Waals surface area contributed by atoms with E-state index in [0.717, 1.165) is 44.9 Å². The van der Waals surface area contributed by atoms with Gasteiger partial charge >= 0.3 is 10.4 Å². The van der Waals surface area contributed by atoms with Gasteiger partial charge in [0.15, 0.2) is 6.29 Å². The second kappa shape index (κ2) is 28.3. The summed E-state index contributed by atoms with van der Waals surface area (Å²) < 4.78 is 47.1. The number of rotatable bonds is 31. The summed E-state index contributed by atoms with van der Waals surface area (Å²) in [4.78, 5) is 13.0. The Morgan fingerprint density at radius 2 is 1.30 bits per heavy atom. The molecule has 8 atom stereocenters. The van der Waals surface area contributed by atoms with Crippen LogP contribution < -0.4 is 5.32 Å². The molecule has 0 radical (unpaired) electrons. The number of unbranched alkanes of at least 4 members (excludes halogenated alkanes) is 18. The van der Waals surface area contributed by atoms with Gasteiger partial charge in [-0.05, 0) is 19.3 Å². The van der Waals surface area contributed by atoms with E-state index in [-0.39, 0.29) is 6.42 Å². The minimum absolute atomic E-state index is 0.246. The number of aliphatic hydroxyl groups is 5. The summed E-state index contributed by atoms with van der Waals surface area (Å²) in [6.45, 7) is 3.12. The highest BCUT2D eigenvalue weighted by Crippen LogP contribution is 2.26. The highest BCUT2D eigenvalue weighted by Gasteiger charge is 2.48. The molecule has 13 nitrogen and oxygen atoms in total. The lowest BCUT2D eigenvalue weighted by atomic mass is 9.99. The van der Waals surface area contributed by atoms with E-state index >= 15 is 0 Å². The van der Waals surface area contributed by atoms with Crippen molar-refractivity contribution >= 4 is 16.3 Å². The molecule has 1 rings (SSSR count). The lowest BCUT2D eigenvalue weighted by Gasteiger charge is -2.41. The average Bonchev–Trinajstić information content (AvgIpc) is 3.08. The van der Waals surface area contributed by atoms with Gasteiger partial charge in [-0.15, -0.1) is 0 Å². The zero-order chi connectivity index (χ0) is 37.2. The minimum Gasteiger partial charge on any atom is -0.394 e. The number of carbonyl (C=O) groups is 1. The Balaban J connectivity index is 2.67. The fourth-order valence-corrected chi connectivity index (χ4v) is 6.56. The smallest absolute Gasteiger partial charge is 0.394 e. The Hall–Kier alpha value is -1.20. The molecule has 0 bridgehead atoms. The average molecular weight is 740 g/mol. The highest BCUT2D eigenvalue weighted by atomic mass is 32.3. The van der Waals surface area contributed by atoms with Gasteiger partial charge in [-0.25, -0.2) is 4.18 Å². The Bertz CT molecular complexity index is 984. The molecule has 0 saturated carbocycles. The van der Waals surface area contributed by atoms with Crippen molar-refractivity contribution in [3.05, 3.63) is 12.2 Å². The summed E-state index contributed by atoms with van der Waals surface area (Å²) in [7, 11) is -5.11. The normalized spacial score (nSPS) is 23.2. The molecule has 1 heterocycles. The van der Waals surface area contributed by atoms with Gasteiger partial charge in [-0.1, -0.05) is 142 Å². The van der Waals surface area contributed by atoms with Crippen LogP contribution in [0.2, 0.25) is 0 Å². The molecule has 7 N–H and O–H groups in total. The second-order valence-electron chi connectivity index (χ2n) is 13.7. The Morgan fingerprint density at radius 1 is 0.800 bits per heavy atom. The molecule has 1 amide bonds. The first-order valence-corrected chi connectivity index (χ1v) is 20.5. The number of aliphatic hydroxyl groups excluding tert-OH is 5. The van der Waals surface area contributed by atoms with E-state index in [1.165, 1.54) is 76.7 Å². The van der Waals surface area contributed by atoms with Crippen LogP contribution in [0.4, 0.5) is 0 Å². The number of amides is 1. The molecule has 0 aromatic carbocycles. The highest BCUT2D eigenvalue weighted by molar-refractivity contribution is 7.80. The van der Waals surface area contributed by atoms with E-state index < -0.39 is 78.5 Å². The topological polar surface area (TPSA) is 212 Å². The van der Waals surface area contributed by atoms with Gasteiger partial charge in [0.25, 0.3) is 0 Å². The van der Waals surface area contributed by atoms with Gasteiger partial charge in [0.2, 0.25) is 5.91 Å². The molecular formula is C36H69NO12S. The summed E-state index contributed by atoms with van der Waals surface area (Å²) >= 11 is 0. The molecule has 1 aliphatic rings. The largest absolute Gasteiger partial charge is 0.397 e. The van der Waals surface area contributed by atoms with Gasteiger partial charge in [0, 0.05) is 0 Å². The first-order valence-electron chi connectivity index (χ1n) is 19.2. The number of ether oxygens (including phenoxy) is 2. The maximum Gasteiger partial charge on any atom is 0.397 e. The van der Waals surface area contributed by atoms with Crippen LogP contribution in [0.5, 0.6) is 0 Å². The summed E-state index contributed by atoms with van der Waals surface area (Å²) in [5, 5.41) is 54.7. The maximum atomic E-state index is 13.0. The fraction of sp³-hybridized carbons (Fsp3) is 0.917. The molecule has 14 heteroatoms. The first kappa shape index (κ1) is 46.8. The standard InChI is InChI=1S/C36H69NO12S/c1-3-5-7-9-11-13-14-15-16-17-19-21-23-25-30(40)35(43)37-28(29(39)24-22-20-18-12-10-8-6-4-2)27-47-36-33(42)34(49-50(44,45)46)32(41)31(26-38)48-36/h22,24,28-34,36,38-42H,3-21,23,25-27H2,1-2H3,(H,37,43)(H,44,45,46)/b24-22+. The molecule has 50 heavy (non-hydrogen) atoms. The molecular weight excluding hydrogens is 670 g/mol. The van der Waals surface area contributed by atoms with E-state index in [9.17, 15) is 38.7 Å². The van der Waals surface area contributed by atoms with Crippen LogP contribution in [-0.4, -0.2) is 107 Å². The van der Waals surface area contributed by atoms with Crippen LogP contribution in [0, 0.1) is 0 Å². The Labute approximate surface area is 301 Å². The van der Waals surface area contributed by atoms with Crippen LogP contribution in [0.3, 0.4) is 0 Å². The lowest BCUT2D eigenvalue weighted by molar-refractivity contribution is -0.298. The van der Waals surface area contributed by atoms with Crippen molar-refractivity contribution in [2.24, 2.45) is 0 Å². The number of hydrogen-bond acceptors (Lipinski definition) is 11. The van der Waals surface area contributed by atoms with Crippen LogP contribution in [0.15, 0.2) is 12.2 Å². The minimum atomic E-state index is -5.11. The monoisotopic (exact) mass is 739 g/mol. The Kier molecular flexibility index (Phi) is 26.5. The van der Waals surface area contributed by atoms with Crippen LogP contribution >= 0.6 is 0 Å². The van der Waals surface area contributed by atoms with Gasteiger partial charge in [-0.2, -0.15) is 8.42 Å². The number of hydrogen-bond donors (Lipinski definition) is 7. The Morgan fingerprint density at radius 3 is 1.80 bits per heavy atom. The van der Waals surface area contributed by atoms with E-state index in [2.05, 4.69) is 23.3 Å². The van der Waals surface area contributed by atoms with Crippen LogP contribution in [0.1, 0.15) is 149 Å². The molecule has 1 aliphatic heterocycles. The van der Waals surface area contributed by atoms with Crippen molar-refractivity contribution < 1.29 is 57.0 Å². The van der Waals surface area contributed by atoms with Crippen LogP contribution in [-0.2, 0) is 28.9 Å². The molecule has 1 saturated heterocycles. The second-order valence-corrected chi connectivity index (χ2v) is 14.7. The summed E-state index contributed by atoms with van der Waals surface area (Å²) in [5.74, 6) is -0.706. The van der Waals surface area contributed by atoms with E-state index in [4.69, 9.17) is 14.0 Å². The van der Waals surface area contributed by atoms with Crippen molar-refractivity contribution in [3.8, 4) is 0 Å². The zero-order valence-corrected chi connectivity index (χ0v) is 31.4. The SMILES string of the molecule is CCCCCCCC/C=C/C(O)C(COC1OC(CO)C(O)C(OS(=O)(=O)O)C1O)NC(=O)C(O)CCCCCCCCCCCCCCC. The summed E-state index contributed by atoms with van der Waals surface area (Å²) in [5.41, 5.74) is 0. The molecule has 0 spiro atoms. The third-order valence-electron chi connectivity index (χ3n) is 9.18. The number of carbonyl (C=O) groups excluding carboxylic acids is 1.